The highest BCUT2D eigenvalue weighted by molar-refractivity contribution is 6.28. The molecular formula is C26H40ClNO3. The number of rotatable bonds is 15. The van der Waals surface area contributed by atoms with Crippen LogP contribution in [0.15, 0.2) is 35.9 Å². The Bertz CT molecular complexity index is 715. The van der Waals surface area contributed by atoms with Gasteiger partial charge in [0, 0.05) is 38.2 Å². The van der Waals surface area contributed by atoms with Gasteiger partial charge in [0.2, 0.25) is 5.91 Å². The smallest absolute Gasteiger partial charge is 0.222 e. The summed E-state index contributed by atoms with van der Waals surface area (Å²) >= 11 is 5.99. The number of unbranched alkanes of at least 4 members (excludes halogenated alkanes) is 4. The van der Waals surface area contributed by atoms with Gasteiger partial charge >= 0.3 is 0 Å². The van der Waals surface area contributed by atoms with E-state index in [9.17, 15) is 9.90 Å². The molecule has 0 bridgehead atoms. The average molecular weight is 450 g/mol. The Morgan fingerprint density at radius 1 is 1.23 bits per heavy atom. The number of hydrogen-bond acceptors (Lipinski definition) is 3. The number of amides is 1. The van der Waals surface area contributed by atoms with E-state index >= 15 is 0 Å². The largest absolute Gasteiger partial charge is 0.507 e. The van der Waals surface area contributed by atoms with Gasteiger partial charge in [0.05, 0.1) is 6.10 Å². The second-order valence-corrected chi connectivity index (χ2v) is 8.38. The topological polar surface area (TPSA) is 49.8 Å². The quantitative estimate of drug-likeness (QED) is 0.235. The number of para-hydroxylation sites is 1. The fraction of sp³-hybridized carbons (Fsp3) is 0.577. The fourth-order valence-corrected chi connectivity index (χ4v) is 3.70. The molecular weight excluding hydrogens is 410 g/mol. The predicted octanol–water partition coefficient (Wildman–Crippen LogP) is 6.84. The van der Waals surface area contributed by atoms with Crippen LogP contribution in [0.25, 0.3) is 5.57 Å². The van der Waals surface area contributed by atoms with Crippen LogP contribution in [0, 0.1) is 6.92 Å². The van der Waals surface area contributed by atoms with E-state index in [0.29, 0.717) is 24.9 Å². The highest BCUT2D eigenvalue weighted by atomic mass is 35.5. The molecule has 0 unspecified atom stereocenters. The summed E-state index contributed by atoms with van der Waals surface area (Å²) in [5, 5.41) is 10.3. The monoisotopic (exact) mass is 449 g/mol. The number of allylic oxidation sites excluding steroid dienone is 1. The minimum Gasteiger partial charge on any atom is -0.507 e. The number of benzene rings is 1. The van der Waals surface area contributed by atoms with Crippen molar-refractivity contribution in [1.82, 2.24) is 4.90 Å². The summed E-state index contributed by atoms with van der Waals surface area (Å²) in [7, 11) is 3.54. The molecule has 0 aliphatic carbocycles. The first-order valence-electron chi connectivity index (χ1n) is 11.4. The third kappa shape index (κ3) is 10.4. The van der Waals surface area contributed by atoms with Crippen molar-refractivity contribution in [3.63, 3.8) is 0 Å². The maximum Gasteiger partial charge on any atom is 0.222 e. The molecule has 0 radical (unpaired) electrons. The van der Waals surface area contributed by atoms with Gasteiger partial charge in [0.1, 0.15) is 5.75 Å². The van der Waals surface area contributed by atoms with E-state index in [2.05, 4.69) is 19.1 Å². The van der Waals surface area contributed by atoms with E-state index < -0.39 is 0 Å². The molecule has 1 aromatic rings. The van der Waals surface area contributed by atoms with Crippen molar-refractivity contribution in [2.75, 3.05) is 20.7 Å². The van der Waals surface area contributed by atoms with Gasteiger partial charge in [-0.05, 0) is 37.3 Å². The molecule has 0 aromatic heterocycles. The van der Waals surface area contributed by atoms with Gasteiger partial charge in [-0.1, -0.05) is 81.0 Å². The number of phenols is 1. The highest BCUT2D eigenvalue weighted by Crippen LogP contribution is 2.29. The standard InChI is InChI=1S/C26H40ClNO3/c1-5-6-7-8-10-15-23(31-4)16-11-9-12-18-25(29)28(3)20-22(19-27)24-17-13-14-21(2)26(24)30/h9,11,13-14,17,19,23,30H,5-8,10,12,15-16,18,20H2,1-4H3/b11-9+,22-19-/t23-/m0/s1. The molecule has 0 saturated heterocycles. The summed E-state index contributed by atoms with van der Waals surface area (Å²) < 4.78 is 5.57. The average Bonchev–Trinajstić information content (AvgIpc) is 2.77. The van der Waals surface area contributed by atoms with Crippen molar-refractivity contribution in [2.24, 2.45) is 0 Å². The third-order valence-corrected chi connectivity index (χ3v) is 5.87. The first-order chi connectivity index (χ1) is 14.9. The van der Waals surface area contributed by atoms with Crippen molar-refractivity contribution >= 4 is 23.1 Å². The molecule has 1 rings (SSSR count). The van der Waals surface area contributed by atoms with Gasteiger partial charge in [0.15, 0.2) is 0 Å². The zero-order valence-corrected chi connectivity index (χ0v) is 20.5. The number of hydrogen-bond donors (Lipinski definition) is 1. The number of phenolic OH excluding ortho intramolecular Hbond substituents is 1. The fourth-order valence-electron chi connectivity index (χ4n) is 3.51. The van der Waals surface area contributed by atoms with Crippen LogP contribution in [-0.2, 0) is 9.53 Å². The minimum atomic E-state index is 0.0482. The highest BCUT2D eigenvalue weighted by Gasteiger charge is 2.14. The van der Waals surface area contributed by atoms with Gasteiger partial charge in [0.25, 0.3) is 0 Å². The zero-order chi connectivity index (χ0) is 23.1. The third-order valence-electron chi connectivity index (χ3n) is 5.60. The second kappa shape index (κ2) is 15.9. The van der Waals surface area contributed by atoms with Crippen molar-refractivity contribution in [3.8, 4) is 5.75 Å². The van der Waals surface area contributed by atoms with Crippen molar-refractivity contribution in [1.29, 1.82) is 0 Å². The van der Waals surface area contributed by atoms with Crippen LogP contribution < -0.4 is 0 Å². The van der Waals surface area contributed by atoms with Crippen LogP contribution >= 0.6 is 11.6 Å². The molecule has 174 valence electrons. The SMILES string of the molecule is CCCCCCC[C@@H](C/C=C/CCC(=O)N(C)C/C(=C/Cl)c1cccc(C)c1O)OC. The Kier molecular flexibility index (Phi) is 14.0. The molecule has 0 aliphatic heterocycles. The van der Waals surface area contributed by atoms with E-state index in [1.165, 1.54) is 37.6 Å². The first-order valence-corrected chi connectivity index (χ1v) is 11.9. The Morgan fingerprint density at radius 2 is 1.97 bits per heavy atom. The number of ether oxygens (including phenoxy) is 1. The lowest BCUT2D eigenvalue weighted by Gasteiger charge is -2.20. The molecule has 0 aliphatic rings. The van der Waals surface area contributed by atoms with Crippen LogP contribution in [0.5, 0.6) is 5.75 Å². The van der Waals surface area contributed by atoms with Gasteiger partial charge in [-0.25, -0.2) is 0 Å². The van der Waals surface area contributed by atoms with Gasteiger partial charge in [-0.15, -0.1) is 0 Å². The van der Waals surface area contributed by atoms with Gasteiger partial charge in [-0.3, -0.25) is 4.79 Å². The molecule has 0 fully saturated rings. The molecule has 0 spiro atoms. The van der Waals surface area contributed by atoms with Crippen molar-refractivity contribution in [3.05, 3.63) is 47.0 Å². The van der Waals surface area contributed by atoms with E-state index in [-0.39, 0.29) is 17.8 Å². The molecule has 1 atom stereocenters. The summed E-state index contributed by atoms with van der Waals surface area (Å²) in [5.41, 5.74) is 3.60. The zero-order valence-electron chi connectivity index (χ0n) is 19.7. The maximum absolute atomic E-state index is 12.5. The van der Waals surface area contributed by atoms with Crippen LogP contribution in [0.4, 0.5) is 0 Å². The van der Waals surface area contributed by atoms with Crippen LogP contribution in [-0.4, -0.2) is 42.7 Å². The predicted molar refractivity (Wildman–Crippen MR) is 131 cm³/mol. The van der Waals surface area contributed by atoms with E-state index in [1.807, 2.05) is 25.1 Å². The lowest BCUT2D eigenvalue weighted by atomic mass is 10.0. The van der Waals surface area contributed by atoms with E-state index in [4.69, 9.17) is 16.3 Å². The second-order valence-electron chi connectivity index (χ2n) is 8.16. The number of nitrogens with zero attached hydrogens (tertiary/aromatic N) is 1. The van der Waals surface area contributed by atoms with Crippen molar-refractivity contribution in [2.45, 2.75) is 77.7 Å². The Balaban J connectivity index is 2.39. The van der Waals surface area contributed by atoms with E-state index in [0.717, 1.165) is 24.0 Å². The van der Waals surface area contributed by atoms with Gasteiger partial charge < -0.3 is 14.7 Å². The van der Waals surface area contributed by atoms with E-state index in [1.54, 1.807) is 19.1 Å². The summed E-state index contributed by atoms with van der Waals surface area (Å²) in [6.07, 6.45) is 13.9. The summed E-state index contributed by atoms with van der Waals surface area (Å²) in [6.45, 7) is 4.42. The lowest BCUT2D eigenvalue weighted by Crippen LogP contribution is -2.28. The van der Waals surface area contributed by atoms with Crippen LogP contribution in [0.2, 0.25) is 0 Å². The minimum absolute atomic E-state index is 0.0482. The molecule has 1 N–H and O–H groups in total. The molecule has 1 amide bonds. The van der Waals surface area contributed by atoms with Crippen molar-refractivity contribution < 1.29 is 14.6 Å². The Hall–Kier alpha value is -1.78. The summed E-state index contributed by atoms with van der Waals surface area (Å²) in [5.74, 6) is 0.253. The van der Waals surface area contributed by atoms with Gasteiger partial charge in [-0.2, -0.15) is 0 Å². The first kappa shape index (κ1) is 27.3. The number of aromatic hydroxyl groups is 1. The summed E-state index contributed by atoms with van der Waals surface area (Å²) in [6, 6.07) is 5.52. The molecule has 1 aromatic carbocycles. The number of likely N-dealkylation sites (N-methyl/N-ethyl adjacent to an activating group) is 1. The summed E-state index contributed by atoms with van der Waals surface area (Å²) in [4.78, 5) is 14.1. The van der Waals surface area contributed by atoms with Crippen LogP contribution in [0.1, 0.15) is 75.8 Å². The number of aryl methyl sites for hydroxylation is 1. The lowest BCUT2D eigenvalue weighted by molar-refractivity contribution is -0.129. The molecule has 0 saturated carbocycles. The number of carbonyl (C=O) groups is 1. The normalized spacial score (nSPS) is 13.0. The number of methoxy groups -OCH3 is 1. The Morgan fingerprint density at radius 3 is 2.65 bits per heavy atom. The Labute approximate surface area is 193 Å². The number of carbonyl (C=O) groups excluding carboxylic acids is 1. The number of halogens is 1. The maximum atomic E-state index is 12.5. The molecule has 0 heterocycles. The molecule has 5 heteroatoms. The molecule has 4 nitrogen and oxygen atoms in total. The van der Waals surface area contributed by atoms with Crippen LogP contribution in [0.3, 0.4) is 0 Å². The molecule has 31 heavy (non-hydrogen) atoms.